The molecular formula is C15H14F2N2O. The second kappa shape index (κ2) is 6.65. The molecule has 0 heterocycles. The second-order valence-corrected chi connectivity index (χ2v) is 4.19. The molecule has 0 radical (unpaired) electrons. The maximum atomic E-state index is 12.0. The minimum absolute atomic E-state index is 0.129. The minimum Gasteiger partial charge on any atom is -0.435 e. The number of ether oxygens (including phenoxy) is 1. The van der Waals surface area contributed by atoms with Crippen molar-refractivity contribution < 1.29 is 13.5 Å². The molecule has 0 saturated carbocycles. The van der Waals surface area contributed by atoms with Gasteiger partial charge in [0.1, 0.15) is 5.75 Å². The standard InChI is InChI=1S/C15H14F2N2O/c1-11-3-2-4-13(9-11)19-18-10-12-5-7-14(8-6-12)20-15(16)17/h2-10,15,19H,1H3/b18-10-. The van der Waals surface area contributed by atoms with Crippen molar-refractivity contribution in [3.63, 3.8) is 0 Å². The predicted octanol–water partition coefficient (Wildman–Crippen LogP) is 4.04. The van der Waals surface area contributed by atoms with E-state index in [2.05, 4.69) is 15.3 Å². The van der Waals surface area contributed by atoms with Gasteiger partial charge in [0.15, 0.2) is 0 Å². The third kappa shape index (κ3) is 4.35. The molecule has 5 heteroatoms. The van der Waals surface area contributed by atoms with Crippen molar-refractivity contribution in [2.75, 3.05) is 5.43 Å². The molecule has 0 aliphatic heterocycles. The first-order valence-electron chi connectivity index (χ1n) is 6.04. The van der Waals surface area contributed by atoms with Crippen LogP contribution in [0.3, 0.4) is 0 Å². The Kier molecular flexibility index (Phi) is 4.65. The van der Waals surface area contributed by atoms with Crippen molar-refractivity contribution in [3.05, 3.63) is 59.7 Å². The Labute approximate surface area is 115 Å². The Morgan fingerprint density at radius 2 is 1.90 bits per heavy atom. The number of anilines is 1. The molecule has 0 aliphatic rings. The summed E-state index contributed by atoms with van der Waals surface area (Å²) in [6, 6.07) is 14.1. The van der Waals surface area contributed by atoms with E-state index in [-0.39, 0.29) is 5.75 Å². The first kappa shape index (κ1) is 14.0. The summed E-state index contributed by atoms with van der Waals surface area (Å²) in [5.41, 5.74) is 5.71. The molecule has 104 valence electrons. The summed E-state index contributed by atoms with van der Waals surface area (Å²) in [6.45, 7) is -0.811. The summed E-state index contributed by atoms with van der Waals surface area (Å²) in [7, 11) is 0. The van der Waals surface area contributed by atoms with Crippen LogP contribution in [0.4, 0.5) is 14.5 Å². The van der Waals surface area contributed by atoms with Crippen molar-refractivity contribution in [1.82, 2.24) is 0 Å². The zero-order valence-corrected chi connectivity index (χ0v) is 10.9. The highest BCUT2D eigenvalue weighted by atomic mass is 19.3. The van der Waals surface area contributed by atoms with E-state index in [0.717, 1.165) is 16.8 Å². The van der Waals surface area contributed by atoms with E-state index in [1.165, 1.54) is 12.1 Å². The van der Waals surface area contributed by atoms with E-state index in [0.29, 0.717) is 0 Å². The molecule has 3 nitrogen and oxygen atoms in total. The fourth-order valence-electron chi connectivity index (χ4n) is 1.63. The van der Waals surface area contributed by atoms with Gasteiger partial charge in [0.25, 0.3) is 0 Å². The fraction of sp³-hybridized carbons (Fsp3) is 0.133. The number of nitrogens with zero attached hydrogens (tertiary/aromatic N) is 1. The van der Waals surface area contributed by atoms with Gasteiger partial charge >= 0.3 is 6.61 Å². The van der Waals surface area contributed by atoms with Crippen LogP contribution in [0.25, 0.3) is 0 Å². The zero-order chi connectivity index (χ0) is 14.4. The number of rotatable bonds is 5. The lowest BCUT2D eigenvalue weighted by Gasteiger charge is -2.04. The molecule has 0 atom stereocenters. The lowest BCUT2D eigenvalue weighted by Crippen LogP contribution is -2.01. The molecule has 0 amide bonds. The van der Waals surface area contributed by atoms with Gasteiger partial charge in [-0.1, -0.05) is 12.1 Å². The first-order chi connectivity index (χ1) is 9.63. The van der Waals surface area contributed by atoms with E-state index in [4.69, 9.17) is 0 Å². The largest absolute Gasteiger partial charge is 0.435 e. The predicted molar refractivity (Wildman–Crippen MR) is 75.5 cm³/mol. The highest BCUT2D eigenvalue weighted by Crippen LogP contribution is 2.14. The van der Waals surface area contributed by atoms with Gasteiger partial charge < -0.3 is 4.74 Å². The van der Waals surface area contributed by atoms with Crippen molar-refractivity contribution in [2.24, 2.45) is 5.10 Å². The molecular weight excluding hydrogens is 262 g/mol. The Morgan fingerprint density at radius 1 is 1.15 bits per heavy atom. The summed E-state index contributed by atoms with van der Waals surface area (Å²) >= 11 is 0. The monoisotopic (exact) mass is 276 g/mol. The number of nitrogens with one attached hydrogen (secondary N) is 1. The second-order valence-electron chi connectivity index (χ2n) is 4.19. The molecule has 2 aromatic carbocycles. The number of benzene rings is 2. The van der Waals surface area contributed by atoms with Gasteiger partial charge in [0.05, 0.1) is 11.9 Å². The summed E-state index contributed by atoms with van der Waals surface area (Å²) < 4.78 is 28.2. The van der Waals surface area contributed by atoms with Crippen LogP contribution in [-0.4, -0.2) is 12.8 Å². The first-order valence-corrected chi connectivity index (χ1v) is 6.04. The van der Waals surface area contributed by atoms with Gasteiger partial charge in [-0.15, -0.1) is 0 Å². The summed E-state index contributed by atoms with van der Waals surface area (Å²) in [5, 5.41) is 4.08. The number of hydrogen-bond donors (Lipinski definition) is 1. The normalized spacial score (nSPS) is 11.0. The van der Waals surface area contributed by atoms with Crippen LogP contribution >= 0.6 is 0 Å². The Balaban J connectivity index is 1.94. The van der Waals surface area contributed by atoms with Crippen molar-refractivity contribution in [3.8, 4) is 5.75 Å². The highest BCUT2D eigenvalue weighted by molar-refractivity contribution is 5.80. The lowest BCUT2D eigenvalue weighted by atomic mass is 10.2. The molecule has 0 bridgehead atoms. The van der Waals surface area contributed by atoms with Gasteiger partial charge in [0.2, 0.25) is 0 Å². The fourth-order valence-corrected chi connectivity index (χ4v) is 1.63. The van der Waals surface area contributed by atoms with Crippen LogP contribution in [0.1, 0.15) is 11.1 Å². The van der Waals surface area contributed by atoms with E-state index in [1.807, 2.05) is 31.2 Å². The van der Waals surface area contributed by atoms with Gasteiger partial charge in [-0.05, 0) is 54.4 Å². The average molecular weight is 276 g/mol. The van der Waals surface area contributed by atoms with Gasteiger partial charge in [-0.2, -0.15) is 13.9 Å². The third-order valence-electron chi connectivity index (χ3n) is 2.53. The van der Waals surface area contributed by atoms with Gasteiger partial charge in [0, 0.05) is 0 Å². The van der Waals surface area contributed by atoms with Crippen molar-refractivity contribution in [2.45, 2.75) is 13.5 Å². The Hall–Kier alpha value is -2.43. The van der Waals surface area contributed by atoms with Crippen LogP contribution in [0.2, 0.25) is 0 Å². The van der Waals surface area contributed by atoms with Gasteiger partial charge in [-0.3, -0.25) is 5.43 Å². The average Bonchev–Trinajstić information content (AvgIpc) is 2.40. The minimum atomic E-state index is -2.81. The van der Waals surface area contributed by atoms with E-state index in [9.17, 15) is 8.78 Å². The molecule has 0 aromatic heterocycles. The topological polar surface area (TPSA) is 33.6 Å². The van der Waals surface area contributed by atoms with Crippen molar-refractivity contribution in [1.29, 1.82) is 0 Å². The number of hydrogen-bond acceptors (Lipinski definition) is 3. The highest BCUT2D eigenvalue weighted by Gasteiger charge is 2.02. The van der Waals surface area contributed by atoms with E-state index in [1.54, 1.807) is 18.3 Å². The summed E-state index contributed by atoms with van der Waals surface area (Å²) in [6.07, 6.45) is 1.61. The SMILES string of the molecule is Cc1cccc(N/N=C\c2ccc(OC(F)F)cc2)c1. The lowest BCUT2D eigenvalue weighted by molar-refractivity contribution is -0.0498. The molecule has 2 rings (SSSR count). The van der Waals surface area contributed by atoms with E-state index >= 15 is 0 Å². The maximum absolute atomic E-state index is 12.0. The van der Waals surface area contributed by atoms with Crippen LogP contribution in [-0.2, 0) is 0 Å². The van der Waals surface area contributed by atoms with Crippen LogP contribution in [0.5, 0.6) is 5.75 Å². The number of alkyl halides is 2. The van der Waals surface area contributed by atoms with Crippen LogP contribution in [0, 0.1) is 6.92 Å². The number of hydrazone groups is 1. The maximum Gasteiger partial charge on any atom is 0.387 e. The smallest absolute Gasteiger partial charge is 0.387 e. The molecule has 0 aliphatic carbocycles. The van der Waals surface area contributed by atoms with E-state index < -0.39 is 6.61 Å². The van der Waals surface area contributed by atoms with Crippen molar-refractivity contribution >= 4 is 11.9 Å². The molecule has 0 unspecified atom stereocenters. The molecule has 1 N–H and O–H groups in total. The summed E-state index contributed by atoms with van der Waals surface area (Å²) in [5.74, 6) is 0.129. The molecule has 20 heavy (non-hydrogen) atoms. The summed E-state index contributed by atoms with van der Waals surface area (Å²) in [4.78, 5) is 0. The Bertz CT molecular complexity index is 583. The Morgan fingerprint density at radius 3 is 2.55 bits per heavy atom. The molecule has 0 fully saturated rings. The molecule has 0 saturated heterocycles. The third-order valence-corrected chi connectivity index (χ3v) is 2.53. The quantitative estimate of drug-likeness (QED) is 0.660. The zero-order valence-electron chi connectivity index (χ0n) is 10.9. The number of aryl methyl sites for hydroxylation is 1. The number of halogens is 2. The molecule has 2 aromatic rings. The molecule has 0 spiro atoms. The van der Waals surface area contributed by atoms with Gasteiger partial charge in [-0.25, -0.2) is 0 Å². The van der Waals surface area contributed by atoms with Crippen LogP contribution in [0.15, 0.2) is 53.6 Å². The van der Waals surface area contributed by atoms with Crippen LogP contribution < -0.4 is 10.2 Å².